The van der Waals surface area contributed by atoms with E-state index in [-0.39, 0.29) is 0 Å². The van der Waals surface area contributed by atoms with Gasteiger partial charge in [-0.25, -0.2) is 0 Å². The van der Waals surface area contributed by atoms with Crippen molar-refractivity contribution in [2.45, 2.75) is 58.3 Å². The summed E-state index contributed by atoms with van der Waals surface area (Å²) in [6, 6.07) is 17.5. The predicted octanol–water partition coefficient (Wildman–Crippen LogP) is 6.55. The summed E-state index contributed by atoms with van der Waals surface area (Å²) in [4.78, 5) is 0. The van der Waals surface area contributed by atoms with E-state index in [4.69, 9.17) is 11.6 Å². The van der Waals surface area contributed by atoms with E-state index in [2.05, 4.69) is 85.8 Å². The van der Waals surface area contributed by atoms with E-state index in [0.717, 1.165) is 5.02 Å². The molecule has 29 heavy (non-hydrogen) atoms. The van der Waals surface area contributed by atoms with Gasteiger partial charge in [0.1, 0.15) is 8.07 Å². The van der Waals surface area contributed by atoms with Gasteiger partial charge in [-0.2, -0.15) is 0 Å². The second-order valence-corrected chi connectivity index (χ2v) is 18.3. The number of hydrogen-bond acceptors (Lipinski definition) is 0. The number of rotatable bonds is 4. The molecular weight excluding hydrogens is 404 g/mol. The monoisotopic (exact) mass is 436 g/mol. The molecule has 0 radical (unpaired) electrons. The molecule has 0 saturated heterocycles. The van der Waals surface area contributed by atoms with Crippen molar-refractivity contribution in [2.75, 3.05) is 0 Å². The summed E-state index contributed by atoms with van der Waals surface area (Å²) in [5.41, 5.74) is 7.35. The van der Waals surface area contributed by atoms with Gasteiger partial charge in [0.15, 0.2) is 8.07 Å². The van der Waals surface area contributed by atoms with Crippen LogP contribution in [0.25, 0.3) is 6.08 Å². The zero-order valence-electron chi connectivity index (χ0n) is 18.3. The van der Waals surface area contributed by atoms with Crippen molar-refractivity contribution in [2.24, 2.45) is 5.92 Å². The molecule has 0 heterocycles. The van der Waals surface area contributed by atoms with E-state index in [1.807, 2.05) is 12.1 Å². The van der Waals surface area contributed by atoms with Crippen LogP contribution < -0.4 is 10.4 Å². The lowest BCUT2D eigenvalue weighted by atomic mass is 9.90. The third-order valence-electron chi connectivity index (χ3n) is 6.11. The van der Waals surface area contributed by atoms with Crippen LogP contribution in [0.5, 0.6) is 0 Å². The van der Waals surface area contributed by atoms with Gasteiger partial charge in [0.2, 0.25) is 0 Å². The van der Waals surface area contributed by atoms with E-state index in [9.17, 15) is 0 Å². The molecule has 3 rings (SSSR count). The van der Waals surface area contributed by atoms with Gasteiger partial charge in [-0.15, -0.1) is 11.5 Å². The summed E-state index contributed by atoms with van der Waals surface area (Å²) in [5, 5.41) is 3.71. The zero-order chi connectivity index (χ0) is 20.9. The normalized spacial score (nSPS) is 15.9. The third-order valence-corrected chi connectivity index (χ3v) is 11.7. The fourth-order valence-corrected chi connectivity index (χ4v) is 7.56. The summed E-state index contributed by atoms with van der Waals surface area (Å²) < 4.78 is 0. The number of halogens is 1. The first kappa shape index (κ1) is 22.2. The highest BCUT2D eigenvalue weighted by molar-refractivity contribution is 6.97. The van der Waals surface area contributed by atoms with Crippen LogP contribution in [0, 0.1) is 17.4 Å². The minimum absolute atomic E-state index is 0.638. The van der Waals surface area contributed by atoms with Gasteiger partial charge in [0.25, 0.3) is 0 Å². The minimum Gasteiger partial charge on any atom is -0.126 e. The Labute approximate surface area is 184 Å². The van der Waals surface area contributed by atoms with Gasteiger partial charge in [-0.3, -0.25) is 0 Å². The molecule has 0 aromatic heterocycles. The Kier molecular flexibility index (Phi) is 7.27. The Bertz CT molecular complexity index is 890. The predicted molar refractivity (Wildman–Crippen MR) is 136 cm³/mol. The fourth-order valence-electron chi connectivity index (χ4n) is 3.89. The highest BCUT2D eigenvalue weighted by Crippen LogP contribution is 2.23. The maximum absolute atomic E-state index is 5.99. The molecule has 1 aliphatic rings. The van der Waals surface area contributed by atoms with E-state index in [0.29, 0.717) is 5.92 Å². The maximum Gasteiger partial charge on any atom is 0.162 e. The van der Waals surface area contributed by atoms with Crippen LogP contribution >= 0.6 is 11.6 Å². The van der Waals surface area contributed by atoms with Crippen LogP contribution in [0.3, 0.4) is 0 Å². The molecule has 0 nitrogen and oxygen atoms in total. The van der Waals surface area contributed by atoms with Crippen molar-refractivity contribution in [3.63, 3.8) is 0 Å². The molecule has 0 spiro atoms. The van der Waals surface area contributed by atoms with Crippen molar-refractivity contribution < 1.29 is 0 Å². The van der Waals surface area contributed by atoms with Gasteiger partial charge >= 0.3 is 0 Å². The van der Waals surface area contributed by atoms with Gasteiger partial charge in [-0.05, 0) is 35.7 Å². The highest BCUT2D eigenvalue weighted by Gasteiger charge is 2.24. The van der Waals surface area contributed by atoms with Gasteiger partial charge in [0, 0.05) is 10.9 Å². The van der Waals surface area contributed by atoms with Crippen LogP contribution in [0.2, 0.25) is 31.2 Å². The minimum atomic E-state index is -1.70. The molecule has 152 valence electrons. The van der Waals surface area contributed by atoms with Crippen LogP contribution in [-0.2, 0) is 0 Å². The molecule has 0 aliphatic heterocycles. The first-order valence-electron chi connectivity index (χ1n) is 10.8. The lowest BCUT2D eigenvalue weighted by molar-refractivity contribution is 0.430. The van der Waals surface area contributed by atoms with Crippen molar-refractivity contribution in [1.29, 1.82) is 0 Å². The lowest BCUT2D eigenvalue weighted by Gasteiger charge is -2.22. The van der Waals surface area contributed by atoms with Gasteiger partial charge in [0.05, 0.1) is 0 Å². The van der Waals surface area contributed by atoms with E-state index >= 15 is 0 Å². The summed E-state index contributed by atoms with van der Waals surface area (Å²) in [5.74, 6) is 4.29. The Morgan fingerprint density at radius 1 is 0.828 bits per heavy atom. The first-order valence-corrected chi connectivity index (χ1v) is 17.3. The highest BCUT2D eigenvalue weighted by atomic mass is 35.5. The van der Waals surface area contributed by atoms with Crippen LogP contribution in [0.4, 0.5) is 0 Å². The molecule has 0 amide bonds. The summed E-state index contributed by atoms with van der Waals surface area (Å²) >= 11 is 5.99. The van der Waals surface area contributed by atoms with Crippen molar-refractivity contribution in [3.8, 4) is 11.5 Å². The molecule has 0 bridgehead atoms. The van der Waals surface area contributed by atoms with Crippen molar-refractivity contribution >= 4 is 44.2 Å². The van der Waals surface area contributed by atoms with Gasteiger partial charge < -0.3 is 0 Å². The third kappa shape index (κ3) is 6.22. The second kappa shape index (κ2) is 9.52. The van der Waals surface area contributed by atoms with Gasteiger partial charge in [-0.1, -0.05) is 110 Å². The largest absolute Gasteiger partial charge is 0.162 e. The number of benzene rings is 2. The quantitative estimate of drug-likeness (QED) is 0.376. The molecule has 2 aromatic rings. The first-order chi connectivity index (χ1) is 13.8. The Balaban J connectivity index is 1.72. The summed E-state index contributed by atoms with van der Waals surface area (Å²) in [6.45, 7) is 9.58. The standard InChI is InChI=1S/C26H33ClSi2/c1-28(2,20-18-22-8-6-5-7-9-22)25-14-16-26(17-15-25)29(3,4)21-19-23-10-12-24(27)13-11-23/h10-17,19,21-22H,5-9H2,1-4H3/b21-19+. The van der Waals surface area contributed by atoms with E-state index in [1.54, 1.807) is 0 Å². The van der Waals surface area contributed by atoms with Crippen molar-refractivity contribution in [1.82, 2.24) is 0 Å². The van der Waals surface area contributed by atoms with E-state index < -0.39 is 16.1 Å². The zero-order valence-corrected chi connectivity index (χ0v) is 21.0. The van der Waals surface area contributed by atoms with Crippen LogP contribution in [0.1, 0.15) is 37.7 Å². The maximum atomic E-state index is 5.99. The smallest absolute Gasteiger partial charge is 0.126 e. The molecule has 0 atom stereocenters. The summed E-state index contributed by atoms with van der Waals surface area (Å²) in [7, 11) is -3.34. The SMILES string of the molecule is C[Si](C)(C#CC1CCCCC1)c1ccc([Si](C)(C)/C=C/c2ccc(Cl)cc2)cc1. The van der Waals surface area contributed by atoms with Crippen molar-refractivity contribution in [3.05, 3.63) is 64.8 Å². The Morgan fingerprint density at radius 2 is 1.41 bits per heavy atom. The van der Waals surface area contributed by atoms with E-state index in [1.165, 1.54) is 48.0 Å². The molecule has 2 aromatic carbocycles. The molecule has 1 saturated carbocycles. The molecule has 1 aliphatic carbocycles. The molecular formula is C26H33ClSi2. The molecule has 1 fully saturated rings. The number of hydrogen-bond donors (Lipinski definition) is 0. The Morgan fingerprint density at radius 3 is 2.03 bits per heavy atom. The average molecular weight is 437 g/mol. The molecule has 0 unspecified atom stereocenters. The molecule has 0 N–H and O–H groups in total. The topological polar surface area (TPSA) is 0 Å². The van der Waals surface area contributed by atoms with Crippen LogP contribution in [-0.4, -0.2) is 16.1 Å². The molecule has 3 heteroatoms. The summed E-state index contributed by atoms with van der Waals surface area (Å²) in [6.07, 6.45) is 8.96. The lowest BCUT2D eigenvalue weighted by Crippen LogP contribution is -2.44. The Hall–Kier alpha value is -1.54. The average Bonchev–Trinajstić information content (AvgIpc) is 2.73. The van der Waals surface area contributed by atoms with Crippen LogP contribution in [0.15, 0.2) is 54.2 Å². The fraction of sp³-hybridized carbons (Fsp3) is 0.385. The second-order valence-electron chi connectivity index (χ2n) is 9.41.